The lowest BCUT2D eigenvalue weighted by Gasteiger charge is -2.26. The number of carbonyl (C=O) groups excluding carboxylic acids is 1. The summed E-state index contributed by atoms with van der Waals surface area (Å²) in [6, 6.07) is 6.32. The third-order valence-corrected chi connectivity index (χ3v) is 7.00. The van der Waals surface area contributed by atoms with Gasteiger partial charge in [-0.15, -0.1) is 0 Å². The quantitative estimate of drug-likeness (QED) is 0.458. The fraction of sp³-hybridized carbons (Fsp3) is 0.520. The first-order valence-electron chi connectivity index (χ1n) is 12.3. The van der Waals surface area contributed by atoms with E-state index in [1.165, 1.54) is 6.07 Å². The standard InChI is InChI=1S/C25H28F4N6O2/c1-3-14-9-15(14)24(36)30-11-22-32-23(33-37-22)21-10-16-18(31-19-7-8-34(2)12-17(19)26)5-4-6-20(16)35(21)13-25(27,28)29/h4-6,10,14-15,17H,3,7-9,11-13H2,1-2H3,(H,30,36)/b31-19+/t14-,15-,17+/m1/s1. The number of benzene rings is 1. The zero-order chi connectivity index (χ0) is 26.3. The van der Waals surface area contributed by atoms with E-state index in [0.29, 0.717) is 35.7 Å². The van der Waals surface area contributed by atoms with Crippen LogP contribution in [-0.2, 0) is 17.9 Å². The largest absolute Gasteiger partial charge is 0.406 e. The lowest BCUT2D eigenvalue weighted by Crippen LogP contribution is -2.39. The number of amides is 1. The molecule has 1 aromatic carbocycles. The van der Waals surface area contributed by atoms with Crippen LogP contribution in [0.25, 0.3) is 22.4 Å². The second-order valence-corrected chi connectivity index (χ2v) is 9.76. The van der Waals surface area contributed by atoms with Crippen LogP contribution >= 0.6 is 0 Å². The summed E-state index contributed by atoms with van der Waals surface area (Å²) in [4.78, 5) is 22.8. The highest BCUT2D eigenvalue weighted by Gasteiger charge is 2.41. The highest BCUT2D eigenvalue weighted by Crippen LogP contribution is 2.41. The third-order valence-electron chi connectivity index (χ3n) is 7.00. The van der Waals surface area contributed by atoms with Gasteiger partial charge in [-0.05, 0) is 37.6 Å². The molecule has 1 amide bonds. The molecule has 8 nitrogen and oxygen atoms in total. The van der Waals surface area contributed by atoms with Crippen LogP contribution in [-0.4, -0.2) is 63.7 Å². The van der Waals surface area contributed by atoms with Gasteiger partial charge in [-0.3, -0.25) is 9.79 Å². The van der Waals surface area contributed by atoms with Gasteiger partial charge in [0.15, 0.2) is 6.17 Å². The minimum Gasteiger partial charge on any atom is -0.347 e. The van der Waals surface area contributed by atoms with Gasteiger partial charge in [0.2, 0.25) is 17.6 Å². The maximum absolute atomic E-state index is 14.6. The van der Waals surface area contributed by atoms with Gasteiger partial charge < -0.3 is 19.3 Å². The van der Waals surface area contributed by atoms with Crippen molar-refractivity contribution in [1.82, 2.24) is 24.9 Å². The molecular formula is C25H28F4N6O2. The van der Waals surface area contributed by atoms with Crippen LogP contribution in [0.2, 0.25) is 0 Å². The minimum atomic E-state index is -4.51. The maximum atomic E-state index is 14.6. The van der Waals surface area contributed by atoms with Crippen molar-refractivity contribution in [3.05, 3.63) is 30.2 Å². The van der Waals surface area contributed by atoms with E-state index in [1.54, 1.807) is 18.2 Å². The summed E-state index contributed by atoms with van der Waals surface area (Å²) in [5.41, 5.74) is 1.12. The molecule has 2 aromatic heterocycles. The average Bonchev–Trinajstić information content (AvgIpc) is 3.35. The molecule has 1 aliphatic carbocycles. The monoisotopic (exact) mass is 520 g/mol. The van der Waals surface area contributed by atoms with Gasteiger partial charge in [-0.25, -0.2) is 4.39 Å². The number of nitrogens with one attached hydrogen (secondary N) is 1. The fourth-order valence-electron chi connectivity index (χ4n) is 4.86. The number of likely N-dealkylation sites (tertiary alicyclic amines) is 1. The summed E-state index contributed by atoms with van der Waals surface area (Å²) in [7, 11) is 1.83. The van der Waals surface area contributed by atoms with Gasteiger partial charge in [0.1, 0.15) is 6.54 Å². The molecule has 1 N–H and O–H groups in total. The van der Waals surface area contributed by atoms with Crippen LogP contribution in [0, 0.1) is 11.8 Å². The Bertz CT molecular complexity index is 1330. The van der Waals surface area contributed by atoms with Crippen molar-refractivity contribution >= 4 is 28.2 Å². The zero-order valence-corrected chi connectivity index (χ0v) is 20.6. The minimum absolute atomic E-state index is 0.0104. The molecule has 0 radical (unpaired) electrons. The molecule has 3 aromatic rings. The number of aliphatic imine (C=N–C) groups is 1. The molecule has 5 rings (SSSR count). The SMILES string of the molecule is CC[C@@H]1C[C@H]1C(=O)NCc1nc(-c2cc3c(/N=C4\CCN(C)C[C@@H]4F)cccc3n2CC(F)(F)F)no1. The van der Waals surface area contributed by atoms with E-state index in [-0.39, 0.29) is 47.8 Å². The van der Waals surface area contributed by atoms with Gasteiger partial charge in [0, 0.05) is 30.8 Å². The van der Waals surface area contributed by atoms with E-state index in [0.717, 1.165) is 17.4 Å². The summed E-state index contributed by atoms with van der Waals surface area (Å²) >= 11 is 0. The van der Waals surface area contributed by atoms with Crippen LogP contribution in [0.4, 0.5) is 23.2 Å². The Balaban J connectivity index is 1.46. The topological polar surface area (TPSA) is 88.5 Å². The maximum Gasteiger partial charge on any atom is 0.406 e. The first kappa shape index (κ1) is 25.4. The number of aromatic nitrogens is 3. The number of nitrogens with zero attached hydrogens (tertiary/aromatic N) is 5. The van der Waals surface area contributed by atoms with Crippen LogP contribution in [0.1, 0.15) is 32.1 Å². The van der Waals surface area contributed by atoms with E-state index in [1.807, 2.05) is 18.9 Å². The highest BCUT2D eigenvalue weighted by molar-refractivity contribution is 5.99. The molecule has 1 saturated carbocycles. The second-order valence-electron chi connectivity index (χ2n) is 9.76. The number of halogens is 4. The molecule has 0 spiro atoms. The number of hydrogen-bond donors (Lipinski definition) is 1. The van der Waals surface area contributed by atoms with Gasteiger partial charge in [-0.1, -0.05) is 24.6 Å². The van der Waals surface area contributed by atoms with Gasteiger partial charge in [0.25, 0.3) is 0 Å². The summed E-state index contributed by atoms with van der Waals surface area (Å²) in [6.07, 6.45) is -3.54. The smallest absolute Gasteiger partial charge is 0.347 e. The van der Waals surface area contributed by atoms with E-state index >= 15 is 0 Å². The Morgan fingerprint density at radius 3 is 2.84 bits per heavy atom. The number of carbonyl (C=O) groups is 1. The van der Waals surface area contributed by atoms with Crippen molar-refractivity contribution in [3.8, 4) is 11.5 Å². The number of alkyl halides is 4. The van der Waals surface area contributed by atoms with Crippen molar-refractivity contribution in [2.75, 3.05) is 20.1 Å². The Labute approximate surface area is 210 Å². The first-order valence-corrected chi connectivity index (χ1v) is 12.3. The van der Waals surface area contributed by atoms with Crippen LogP contribution in [0.5, 0.6) is 0 Å². The Morgan fingerprint density at radius 1 is 1.32 bits per heavy atom. The summed E-state index contributed by atoms with van der Waals surface area (Å²) in [6.45, 7) is 1.62. The Hall–Kier alpha value is -3.28. The Morgan fingerprint density at radius 2 is 2.14 bits per heavy atom. The van der Waals surface area contributed by atoms with E-state index < -0.39 is 18.9 Å². The lowest BCUT2D eigenvalue weighted by molar-refractivity contribution is -0.139. The third kappa shape index (κ3) is 5.53. The van der Waals surface area contributed by atoms with E-state index in [4.69, 9.17) is 4.52 Å². The van der Waals surface area contributed by atoms with Gasteiger partial charge in [0.05, 0.1) is 29.2 Å². The highest BCUT2D eigenvalue weighted by atomic mass is 19.4. The summed E-state index contributed by atoms with van der Waals surface area (Å²) < 4.78 is 61.5. The molecular weight excluding hydrogens is 492 g/mol. The van der Waals surface area contributed by atoms with E-state index in [9.17, 15) is 22.4 Å². The second kappa shape index (κ2) is 9.88. The number of hydrogen-bond acceptors (Lipinski definition) is 6. The van der Waals surface area contributed by atoms with Crippen molar-refractivity contribution in [3.63, 3.8) is 0 Å². The summed E-state index contributed by atoms with van der Waals surface area (Å²) in [5.74, 6) is 0.324. The number of rotatable bonds is 7. The predicted octanol–water partition coefficient (Wildman–Crippen LogP) is 4.66. The molecule has 3 atom stereocenters. The molecule has 0 bridgehead atoms. The molecule has 198 valence electrons. The molecule has 2 fully saturated rings. The molecule has 2 aliphatic rings. The molecule has 3 heterocycles. The zero-order valence-electron chi connectivity index (χ0n) is 20.6. The summed E-state index contributed by atoms with van der Waals surface area (Å²) in [5, 5.41) is 7.06. The van der Waals surface area contributed by atoms with Crippen molar-refractivity contribution in [2.45, 2.75) is 51.6 Å². The predicted molar refractivity (Wildman–Crippen MR) is 129 cm³/mol. The average molecular weight is 521 g/mol. The number of fused-ring (bicyclic) bond motifs is 1. The van der Waals surface area contributed by atoms with Crippen molar-refractivity contribution in [1.29, 1.82) is 0 Å². The molecule has 12 heteroatoms. The van der Waals surface area contributed by atoms with Gasteiger partial charge >= 0.3 is 6.18 Å². The molecule has 1 aliphatic heterocycles. The fourth-order valence-corrected chi connectivity index (χ4v) is 4.86. The lowest BCUT2D eigenvalue weighted by atomic mass is 10.1. The van der Waals surface area contributed by atoms with Crippen molar-refractivity contribution < 1.29 is 26.9 Å². The van der Waals surface area contributed by atoms with Crippen molar-refractivity contribution in [2.24, 2.45) is 16.8 Å². The first-order chi connectivity index (χ1) is 17.6. The number of piperidine rings is 1. The Kier molecular flexibility index (Phi) is 6.78. The molecule has 0 unspecified atom stereocenters. The van der Waals surface area contributed by atoms with Gasteiger partial charge in [-0.2, -0.15) is 18.2 Å². The van der Waals surface area contributed by atoms with Crippen LogP contribution in [0.3, 0.4) is 0 Å². The van der Waals surface area contributed by atoms with Crippen LogP contribution < -0.4 is 5.32 Å². The molecule has 37 heavy (non-hydrogen) atoms. The normalized spacial score (nSPS) is 23.6. The molecule has 1 saturated heterocycles. The van der Waals surface area contributed by atoms with Crippen LogP contribution in [0.15, 0.2) is 33.8 Å². The van der Waals surface area contributed by atoms with E-state index in [2.05, 4.69) is 20.4 Å².